The molecular formula is C13H18N2O6. The standard InChI is InChI=1S/C13H18N2O6/c16-7-9-20-8-1-6-14-13(17)10-21-12-4-2-11(3-5-12)15(18)19/h2-5,16H,1,6-10H2,(H,14,17). The third-order valence-corrected chi connectivity index (χ3v) is 2.44. The van der Waals surface area contributed by atoms with Crippen LogP contribution in [0.5, 0.6) is 5.75 Å². The van der Waals surface area contributed by atoms with Crippen molar-refractivity contribution in [3.63, 3.8) is 0 Å². The van der Waals surface area contributed by atoms with E-state index in [9.17, 15) is 14.9 Å². The van der Waals surface area contributed by atoms with E-state index >= 15 is 0 Å². The second-order valence-corrected chi connectivity index (χ2v) is 4.08. The Kier molecular flexibility index (Phi) is 7.77. The topological polar surface area (TPSA) is 111 Å². The van der Waals surface area contributed by atoms with Gasteiger partial charge in [0, 0.05) is 25.3 Å². The summed E-state index contributed by atoms with van der Waals surface area (Å²) < 4.78 is 10.2. The minimum atomic E-state index is -0.505. The molecule has 0 spiro atoms. The van der Waals surface area contributed by atoms with Gasteiger partial charge in [-0.05, 0) is 18.6 Å². The first-order valence-electron chi connectivity index (χ1n) is 6.46. The fraction of sp³-hybridized carbons (Fsp3) is 0.462. The molecule has 8 heteroatoms. The van der Waals surface area contributed by atoms with E-state index in [-0.39, 0.29) is 31.4 Å². The van der Waals surface area contributed by atoms with Crippen molar-refractivity contribution in [3.8, 4) is 5.75 Å². The summed E-state index contributed by atoms with van der Waals surface area (Å²) in [6.45, 7) is 1.03. The fourth-order valence-corrected chi connectivity index (χ4v) is 1.43. The molecule has 2 N–H and O–H groups in total. The summed E-state index contributed by atoms with van der Waals surface area (Å²) in [6.07, 6.45) is 0.642. The molecule has 1 aromatic carbocycles. The Morgan fingerprint density at radius 2 is 2.00 bits per heavy atom. The van der Waals surface area contributed by atoms with Gasteiger partial charge in [-0.2, -0.15) is 0 Å². The minimum Gasteiger partial charge on any atom is -0.484 e. The molecule has 8 nitrogen and oxygen atoms in total. The number of nitro benzene ring substituents is 1. The molecule has 0 aromatic heterocycles. The van der Waals surface area contributed by atoms with E-state index in [1.165, 1.54) is 24.3 Å². The Balaban J connectivity index is 2.16. The molecule has 0 saturated carbocycles. The van der Waals surface area contributed by atoms with E-state index in [2.05, 4.69) is 5.32 Å². The maximum atomic E-state index is 11.5. The van der Waals surface area contributed by atoms with E-state index in [1.807, 2.05) is 0 Å². The van der Waals surface area contributed by atoms with Gasteiger partial charge in [0.05, 0.1) is 18.1 Å². The van der Waals surface area contributed by atoms with Crippen LogP contribution >= 0.6 is 0 Å². The first kappa shape index (κ1) is 16.9. The zero-order valence-electron chi connectivity index (χ0n) is 11.5. The highest BCUT2D eigenvalue weighted by Crippen LogP contribution is 2.16. The Morgan fingerprint density at radius 1 is 1.29 bits per heavy atom. The number of benzene rings is 1. The number of non-ortho nitro benzene ring substituents is 1. The molecule has 1 amide bonds. The van der Waals surface area contributed by atoms with Crippen LogP contribution in [-0.4, -0.2) is 48.9 Å². The molecule has 0 unspecified atom stereocenters. The van der Waals surface area contributed by atoms with Crippen LogP contribution in [-0.2, 0) is 9.53 Å². The van der Waals surface area contributed by atoms with Gasteiger partial charge in [-0.25, -0.2) is 0 Å². The molecule has 0 saturated heterocycles. The number of carbonyl (C=O) groups excluding carboxylic acids is 1. The average molecular weight is 298 g/mol. The predicted octanol–water partition coefficient (Wildman–Crippen LogP) is 0.489. The largest absolute Gasteiger partial charge is 0.484 e. The van der Waals surface area contributed by atoms with Gasteiger partial charge in [-0.1, -0.05) is 0 Å². The van der Waals surface area contributed by atoms with Crippen LogP contribution in [0, 0.1) is 10.1 Å². The monoisotopic (exact) mass is 298 g/mol. The molecule has 1 aromatic rings. The Bertz CT molecular complexity index is 448. The molecule has 0 radical (unpaired) electrons. The van der Waals surface area contributed by atoms with Crippen molar-refractivity contribution in [1.29, 1.82) is 0 Å². The van der Waals surface area contributed by atoms with Crippen molar-refractivity contribution >= 4 is 11.6 Å². The van der Waals surface area contributed by atoms with Gasteiger partial charge in [0.25, 0.3) is 11.6 Å². The van der Waals surface area contributed by atoms with E-state index in [0.717, 1.165) is 0 Å². The number of aliphatic hydroxyl groups excluding tert-OH is 1. The lowest BCUT2D eigenvalue weighted by molar-refractivity contribution is -0.384. The average Bonchev–Trinajstić information content (AvgIpc) is 2.49. The summed E-state index contributed by atoms with van der Waals surface area (Å²) in [6, 6.07) is 5.50. The van der Waals surface area contributed by atoms with Crippen molar-refractivity contribution in [3.05, 3.63) is 34.4 Å². The first-order valence-corrected chi connectivity index (χ1v) is 6.46. The van der Waals surface area contributed by atoms with Crippen molar-refractivity contribution in [2.45, 2.75) is 6.42 Å². The van der Waals surface area contributed by atoms with Crippen LogP contribution in [0.25, 0.3) is 0 Å². The van der Waals surface area contributed by atoms with E-state index in [4.69, 9.17) is 14.6 Å². The van der Waals surface area contributed by atoms with Crippen LogP contribution in [0.2, 0.25) is 0 Å². The number of hydrogen-bond donors (Lipinski definition) is 2. The molecule has 0 fully saturated rings. The summed E-state index contributed by atoms with van der Waals surface area (Å²) >= 11 is 0. The second kappa shape index (κ2) is 9.67. The predicted molar refractivity (Wildman–Crippen MR) is 74.1 cm³/mol. The van der Waals surface area contributed by atoms with Gasteiger partial charge in [-0.15, -0.1) is 0 Å². The van der Waals surface area contributed by atoms with E-state index in [0.29, 0.717) is 25.3 Å². The van der Waals surface area contributed by atoms with Crippen LogP contribution in [0.1, 0.15) is 6.42 Å². The molecule has 0 bridgehead atoms. The molecule has 0 aliphatic heterocycles. The number of hydrogen-bond acceptors (Lipinski definition) is 6. The zero-order chi connectivity index (χ0) is 15.5. The molecule has 0 atom stereocenters. The van der Waals surface area contributed by atoms with Gasteiger partial charge in [0.1, 0.15) is 5.75 Å². The maximum absolute atomic E-state index is 11.5. The quantitative estimate of drug-likeness (QED) is 0.369. The highest BCUT2D eigenvalue weighted by molar-refractivity contribution is 5.77. The van der Waals surface area contributed by atoms with Crippen molar-refractivity contribution in [2.75, 3.05) is 33.0 Å². The third kappa shape index (κ3) is 7.23. The van der Waals surface area contributed by atoms with Crippen LogP contribution < -0.4 is 10.1 Å². The first-order chi connectivity index (χ1) is 10.1. The Labute approximate surface area is 121 Å². The normalized spacial score (nSPS) is 10.1. The summed E-state index contributed by atoms with van der Waals surface area (Å²) in [5.41, 5.74) is -0.0327. The Hall–Kier alpha value is -2.19. The van der Waals surface area contributed by atoms with E-state index < -0.39 is 4.92 Å². The molecule has 0 heterocycles. The molecule has 0 aliphatic carbocycles. The van der Waals surface area contributed by atoms with E-state index in [1.54, 1.807) is 0 Å². The highest BCUT2D eigenvalue weighted by Gasteiger charge is 2.06. The SMILES string of the molecule is O=C(COc1ccc([N+](=O)[O-])cc1)NCCCOCCO. The lowest BCUT2D eigenvalue weighted by Gasteiger charge is -2.07. The smallest absolute Gasteiger partial charge is 0.269 e. The van der Waals surface area contributed by atoms with Crippen molar-refractivity contribution < 1.29 is 24.3 Å². The molecular weight excluding hydrogens is 280 g/mol. The number of aliphatic hydroxyl groups is 1. The minimum absolute atomic E-state index is 0.0184. The molecule has 21 heavy (non-hydrogen) atoms. The van der Waals surface area contributed by atoms with Gasteiger partial charge in [-0.3, -0.25) is 14.9 Å². The lowest BCUT2D eigenvalue weighted by Crippen LogP contribution is -2.30. The maximum Gasteiger partial charge on any atom is 0.269 e. The highest BCUT2D eigenvalue weighted by atomic mass is 16.6. The number of amides is 1. The summed E-state index contributed by atoms with van der Waals surface area (Å²) in [5.74, 6) is 0.109. The summed E-state index contributed by atoms with van der Waals surface area (Å²) in [5, 5.41) is 21.6. The van der Waals surface area contributed by atoms with Gasteiger partial charge >= 0.3 is 0 Å². The third-order valence-electron chi connectivity index (χ3n) is 2.44. The lowest BCUT2D eigenvalue weighted by atomic mass is 10.3. The van der Waals surface area contributed by atoms with Crippen LogP contribution in [0.4, 0.5) is 5.69 Å². The molecule has 116 valence electrons. The fourth-order valence-electron chi connectivity index (χ4n) is 1.43. The summed E-state index contributed by atoms with van der Waals surface area (Å²) in [7, 11) is 0. The van der Waals surface area contributed by atoms with Crippen molar-refractivity contribution in [1.82, 2.24) is 5.32 Å². The van der Waals surface area contributed by atoms with Crippen molar-refractivity contribution in [2.24, 2.45) is 0 Å². The summed E-state index contributed by atoms with van der Waals surface area (Å²) in [4.78, 5) is 21.4. The number of nitro groups is 1. The van der Waals surface area contributed by atoms with Gasteiger partial charge in [0.2, 0.25) is 0 Å². The van der Waals surface area contributed by atoms with Crippen LogP contribution in [0.3, 0.4) is 0 Å². The van der Waals surface area contributed by atoms with Gasteiger partial charge < -0.3 is 19.9 Å². The molecule has 0 aliphatic rings. The Morgan fingerprint density at radius 3 is 2.62 bits per heavy atom. The number of nitrogens with one attached hydrogen (secondary N) is 1. The number of ether oxygens (including phenoxy) is 2. The number of rotatable bonds is 10. The molecule has 1 rings (SSSR count). The second-order valence-electron chi connectivity index (χ2n) is 4.08. The number of carbonyl (C=O) groups is 1. The van der Waals surface area contributed by atoms with Gasteiger partial charge in [0.15, 0.2) is 6.61 Å². The number of nitrogens with zero attached hydrogens (tertiary/aromatic N) is 1. The zero-order valence-corrected chi connectivity index (χ0v) is 11.5. The van der Waals surface area contributed by atoms with Crippen LogP contribution in [0.15, 0.2) is 24.3 Å².